The molecule has 0 aliphatic heterocycles. The number of benzene rings is 1. The van der Waals surface area contributed by atoms with Gasteiger partial charge in [0.2, 0.25) is 5.88 Å². The van der Waals surface area contributed by atoms with Crippen LogP contribution in [0.3, 0.4) is 0 Å². The molecular formula is C14H14N2O2. The lowest BCUT2D eigenvalue weighted by atomic mass is 10.2. The maximum Gasteiger partial charge on any atom is 0.216 e. The maximum atomic E-state index is 8.44. The number of hydrogen-bond donors (Lipinski definition) is 1. The van der Waals surface area contributed by atoms with E-state index < -0.39 is 0 Å². The standard InChI is InChI=1S/C14H14N2O2/c1-11-7-13(9-16-17)8-15-14(11)18-10-12-5-3-2-4-6-12/h2-9,17H,10H2,1H3/b16-9-. The molecule has 2 rings (SSSR count). The molecule has 4 nitrogen and oxygen atoms in total. The summed E-state index contributed by atoms with van der Waals surface area (Å²) in [7, 11) is 0. The summed E-state index contributed by atoms with van der Waals surface area (Å²) < 4.78 is 5.64. The van der Waals surface area contributed by atoms with Crippen LogP contribution < -0.4 is 4.74 Å². The monoisotopic (exact) mass is 242 g/mol. The predicted molar refractivity (Wildman–Crippen MR) is 69.1 cm³/mol. The van der Waals surface area contributed by atoms with Gasteiger partial charge in [-0.1, -0.05) is 35.5 Å². The average Bonchev–Trinajstić information content (AvgIpc) is 2.39. The van der Waals surface area contributed by atoms with Gasteiger partial charge in [-0.25, -0.2) is 4.98 Å². The fourth-order valence-corrected chi connectivity index (χ4v) is 1.60. The average molecular weight is 242 g/mol. The van der Waals surface area contributed by atoms with E-state index in [-0.39, 0.29) is 0 Å². The Labute approximate surface area is 106 Å². The summed E-state index contributed by atoms with van der Waals surface area (Å²) in [5.74, 6) is 0.592. The van der Waals surface area contributed by atoms with Crippen LogP contribution in [-0.2, 0) is 6.61 Å². The molecule has 1 aromatic carbocycles. The zero-order valence-corrected chi connectivity index (χ0v) is 10.1. The van der Waals surface area contributed by atoms with E-state index in [1.807, 2.05) is 43.3 Å². The molecule has 1 N–H and O–H groups in total. The fourth-order valence-electron chi connectivity index (χ4n) is 1.60. The second kappa shape index (κ2) is 5.82. The van der Waals surface area contributed by atoms with Crippen molar-refractivity contribution in [1.82, 2.24) is 4.98 Å². The van der Waals surface area contributed by atoms with Gasteiger partial charge in [0.15, 0.2) is 0 Å². The third-order valence-corrected chi connectivity index (χ3v) is 2.48. The normalized spacial score (nSPS) is 10.7. The Kier molecular flexibility index (Phi) is 3.91. The van der Waals surface area contributed by atoms with Crippen LogP contribution >= 0.6 is 0 Å². The molecule has 92 valence electrons. The van der Waals surface area contributed by atoms with Crippen molar-refractivity contribution in [1.29, 1.82) is 0 Å². The summed E-state index contributed by atoms with van der Waals surface area (Å²) in [4.78, 5) is 4.19. The zero-order valence-electron chi connectivity index (χ0n) is 10.1. The van der Waals surface area contributed by atoms with Crippen LogP contribution in [0.15, 0.2) is 47.8 Å². The van der Waals surface area contributed by atoms with Crippen molar-refractivity contribution in [2.75, 3.05) is 0 Å². The molecule has 0 fully saturated rings. The van der Waals surface area contributed by atoms with Crippen molar-refractivity contribution in [3.63, 3.8) is 0 Å². The minimum Gasteiger partial charge on any atom is -0.473 e. The predicted octanol–water partition coefficient (Wildman–Crippen LogP) is 2.78. The van der Waals surface area contributed by atoms with Crippen molar-refractivity contribution < 1.29 is 9.94 Å². The molecule has 0 saturated heterocycles. The van der Waals surface area contributed by atoms with Crippen LogP contribution in [0.25, 0.3) is 0 Å². The number of oxime groups is 1. The van der Waals surface area contributed by atoms with Gasteiger partial charge in [-0.2, -0.15) is 0 Å². The minimum absolute atomic E-state index is 0.488. The molecule has 0 unspecified atom stereocenters. The van der Waals surface area contributed by atoms with Crippen LogP contribution in [0.5, 0.6) is 5.88 Å². The number of rotatable bonds is 4. The molecule has 0 aliphatic carbocycles. The molecule has 0 saturated carbocycles. The highest BCUT2D eigenvalue weighted by Crippen LogP contribution is 2.16. The highest BCUT2D eigenvalue weighted by atomic mass is 16.5. The van der Waals surface area contributed by atoms with Gasteiger partial charge < -0.3 is 9.94 Å². The highest BCUT2D eigenvalue weighted by molar-refractivity contribution is 5.78. The summed E-state index contributed by atoms with van der Waals surface area (Å²) >= 11 is 0. The van der Waals surface area contributed by atoms with E-state index >= 15 is 0 Å². The molecule has 0 bridgehead atoms. The Morgan fingerprint density at radius 2 is 2.11 bits per heavy atom. The first-order valence-electron chi connectivity index (χ1n) is 5.60. The van der Waals surface area contributed by atoms with Gasteiger partial charge in [0.05, 0.1) is 6.21 Å². The molecule has 0 spiro atoms. The van der Waals surface area contributed by atoms with E-state index in [0.717, 1.165) is 16.7 Å². The summed E-state index contributed by atoms with van der Waals surface area (Å²) in [6.07, 6.45) is 2.94. The van der Waals surface area contributed by atoms with Crippen LogP contribution in [0, 0.1) is 6.92 Å². The molecule has 1 heterocycles. The Morgan fingerprint density at radius 1 is 1.33 bits per heavy atom. The van der Waals surface area contributed by atoms with Gasteiger partial charge in [-0.15, -0.1) is 0 Å². The summed E-state index contributed by atoms with van der Waals surface area (Å²) in [6, 6.07) is 11.8. The quantitative estimate of drug-likeness (QED) is 0.509. The van der Waals surface area contributed by atoms with Crippen LogP contribution in [0.4, 0.5) is 0 Å². The Hall–Kier alpha value is -2.36. The Balaban J connectivity index is 2.06. The lowest BCUT2D eigenvalue weighted by molar-refractivity contribution is 0.291. The summed E-state index contributed by atoms with van der Waals surface area (Å²) in [5.41, 5.74) is 2.74. The maximum absolute atomic E-state index is 8.44. The van der Waals surface area contributed by atoms with Crippen LogP contribution in [0.2, 0.25) is 0 Å². The van der Waals surface area contributed by atoms with E-state index in [4.69, 9.17) is 9.94 Å². The molecule has 0 radical (unpaired) electrons. The van der Waals surface area contributed by atoms with E-state index in [2.05, 4.69) is 10.1 Å². The first kappa shape index (κ1) is 12.1. The van der Waals surface area contributed by atoms with E-state index in [1.165, 1.54) is 6.21 Å². The van der Waals surface area contributed by atoms with Crippen molar-refractivity contribution >= 4 is 6.21 Å². The molecule has 1 aromatic heterocycles. The van der Waals surface area contributed by atoms with Crippen molar-refractivity contribution in [2.24, 2.45) is 5.16 Å². The second-order valence-corrected chi connectivity index (χ2v) is 3.91. The van der Waals surface area contributed by atoms with Gasteiger partial charge in [0.25, 0.3) is 0 Å². The van der Waals surface area contributed by atoms with E-state index in [1.54, 1.807) is 6.20 Å². The van der Waals surface area contributed by atoms with Gasteiger partial charge in [-0.05, 0) is 18.6 Å². The van der Waals surface area contributed by atoms with Gasteiger partial charge >= 0.3 is 0 Å². The molecule has 18 heavy (non-hydrogen) atoms. The second-order valence-electron chi connectivity index (χ2n) is 3.91. The van der Waals surface area contributed by atoms with Crippen molar-refractivity contribution in [2.45, 2.75) is 13.5 Å². The Bertz CT molecular complexity index is 539. The lowest BCUT2D eigenvalue weighted by Crippen LogP contribution is -1.99. The molecule has 2 aromatic rings. The Morgan fingerprint density at radius 3 is 2.78 bits per heavy atom. The van der Waals surface area contributed by atoms with E-state index in [9.17, 15) is 0 Å². The van der Waals surface area contributed by atoms with Crippen LogP contribution in [0.1, 0.15) is 16.7 Å². The van der Waals surface area contributed by atoms with Gasteiger partial charge in [-0.3, -0.25) is 0 Å². The largest absolute Gasteiger partial charge is 0.473 e. The fraction of sp³-hybridized carbons (Fsp3) is 0.143. The molecule has 0 amide bonds. The highest BCUT2D eigenvalue weighted by Gasteiger charge is 2.02. The summed E-state index contributed by atoms with van der Waals surface area (Å²) in [6.45, 7) is 2.39. The van der Waals surface area contributed by atoms with E-state index in [0.29, 0.717) is 12.5 Å². The topological polar surface area (TPSA) is 54.7 Å². The number of ether oxygens (including phenoxy) is 1. The van der Waals surface area contributed by atoms with Gasteiger partial charge in [0.1, 0.15) is 6.61 Å². The smallest absolute Gasteiger partial charge is 0.216 e. The lowest BCUT2D eigenvalue weighted by Gasteiger charge is -2.08. The van der Waals surface area contributed by atoms with Crippen molar-refractivity contribution in [3.05, 3.63) is 59.3 Å². The minimum atomic E-state index is 0.488. The molecular weight excluding hydrogens is 228 g/mol. The summed E-state index contributed by atoms with van der Waals surface area (Å²) in [5, 5.41) is 11.4. The third kappa shape index (κ3) is 3.07. The number of aryl methyl sites for hydroxylation is 1. The molecule has 0 atom stereocenters. The first-order valence-corrected chi connectivity index (χ1v) is 5.60. The number of aromatic nitrogens is 1. The number of pyridine rings is 1. The third-order valence-electron chi connectivity index (χ3n) is 2.48. The van der Waals surface area contributed by atoms with Crippen LogP contribution in [-0.4, -0.2) is 16.4 Å². The number of hydrogen-bond acceptors (Lipinski definition) is 4. The van der Waals surface area contributed by atoms with Gasteiger partial charge in [0, 0.05) is 17.3 Å². The first-order chi connectivity index (χ1) is 8.79. The zero-order chi connectivity index (χ0) is 12.8. The van der Waals surface area contributed by atoms with Crippen molar-refractivity contribution in [3.8, 4) is 5.88 Å². The SMILES string of the molecule is Cc1cc(/C=N\O)cnc1OCc1ccccc1. The number of nitrogens with zero attached hydrogens (tertiary/aromatic N) is 2. The molecule has 4 heteroatoms. The molecule has 0 aliphatic rings.